The number of amides is 1. The summed E-state index contributed by atoms with van der Waals surface area (Å²) < 4.78 is 4.55. The van der Waals surface area contributed by atoms with Gasteiger partial charge in [0, 0.05) is 0 Å². The largest absolute Gasteiger partial charge is 0.467 e. The van der Waals surface area contributed by atoms with E-state index < -0.39 is 24.5 Å². The quantitative estimate of drug-likeness (QED) is 0.601. The summed E-state index contributed by atoms with van der Waals surface area (Å²) >= 11 is 0. The van der Waals surface area contributed by atoms with Crippen molar-refractivity contribution in [1.29, 1.82) is 0 Å². The molecule has 2 N–H and O–H groups in total. The number of nitrogens with one attached hydrogen (secondary N) is 1. The molecule has 0 radical (unpaired) electrons. The molecule has 1 amide bonds. The minimum absolute atomic E-state index is 0.0158. The molecule has 5 heteroatoms. The van der Waals surface area contributed by atoms with Gasteiger partial charge in [-0.3, -0.25) is 4.79 Å². The highest BCUT2D eigenvalue weighted by Gasteiger charge is 2.26. The van der Waals surface area contributed by atoms with Crippen LogP contribution in [0.1, 0.15) is 20.3 Å². The number of carbonyl (C=O) groups excluding carboxylic acids is 2. The second-order valence-electron chi connectivity index (χ2n) is 3.11. The standard InChI is InChI=1S/C9H17NO4/c1-4-6(2)8(9(13)14-3)10-7(12)5-11/h6,8,11H,4-5H2,1-3H3,(H,10,12)/t6-,8-/m1/s1. The Morgan fingerprint density at radius 2 is 2.07 bits per heavy atom. The predicted molar refractivity (Wildman–Crippen MR) is 50.5 cm³/mol. The summed E-state index contributed by atoms with van der Waals surface area (Å²) in [6.45, 7) is 3.12. The van der Waals surface area contributed by atoms with Crippen molar-refractivity contribution < 1.29 is 19.4 Å². The van der Waals surface area contributed by atoms with E-state index >= 15 is 0 Å². The van der Waals surface area contributed by atoms with Crippen LogP contribution in [-0.4, -0.2) is 36.7 Å². The second kappa shape index (κ2) is 6.37. The van der Waals surface area contributed by atoms with Gasteiger partial charge in [0.2, 0.25) is 5.91 Å². The van der Waals surface area contributed by atoms with Gasteiger partial charge in [-0.2, -0.15) is 0 Å². The average molecular weight is 203 g/mol. The molecule has 0 aromatic carbocycles. The van der Waals surface area contributed by atoms with Gasteiger partial charge in [-0.05, 0) is 5.92 Å². The van der Waals surface area contributed by atoms with E-state index in [9.17, 15) is 9.59 Å². The highest BCUT2D eigenvalue weighted by molar-refractivity contribution is 5.85. The second-order valence-corrected chi connectivity index (χ2v) is 3.11. The molecule has 0 saturated carbocycles. The van der Waals surface area contributed by atoms with Crippen LogP contribution in [0.3, 0.4) is 0 Å². The van der Waals surface area contributed by atoms with Crippen LogP contribution in [-0.2, 0) is 14.3 Å². The molecule has 5 nitrogen and oxygen atoms in total. The van der Waals surface area contributed by atoms with E-state index in [1.807, 2.05) is 13.8 Å². The highest BCUT2D eigenvalue weighted by Crippen LogP contribution is 2.08. The molecule has 0 spiro atoms. The fourth-order valence-corrected chi connectivity index (χ4v) is 1.02. The van der Waals surface area contributed by atoms with Crippen molar-refractivity contribution in [3.05, 3.63) is 0 Å². The first-order valence-corrected chi connectivity index (χ1v) is 4.54. The number of carbonyl (C=O) groups is 2. The van der Waals surface area contributed by atoms with Gasteiger partial charge in [-0.15, -0.1) is 0 Å². The summed E-state index contributed by atoms with van der Waals surface area (Å²) in [7, 11) is 1.27. The van der Waals surface area contributed by atoms with Gasteiger partial charge in [0.05, 0.1) is 7.11 Å². The molecular formula is C9H17NO4. The SMILES string of the molecule is CC[C@@H](C)[C@@H](NC(=O)CO)C(=O)OC. The number of aliphatic hydroxyl groups is 1. The summed E-state index contributed by atoms with van der Waals surface area (Å²) in [4.78, 5) is 22.1. The Kier molecular flexibility index (Phi) is 5.87. The molecule has 0 aromatic heterocycles. The topological polar surface area (TPSA) is 75.6 Å². The molecule has 2 atom stereocenters. The van der Waals surface area contributed by atoms with E-state index in [4.69, 9.17) is 5.11 Å². The molecule has 0 fully saturated rings. The molecule has 0 aliphatic rings. The van der Waals surface area contributed by atoms with Crippen molar-refractivity contribution in [2.75, 3.05) is 13.7 Å². The van der Waals surface area contributed by atoms with E-state index in [-0.39, 0.29) is 5.92 Å². The first-order valence-electron chi connectivity index (χ1n) is 4.54. The van der Waals surface area contributed by atoms with E-state index in [1.165, 1.54) is 7.11 Å². The van der Waals surface area contributed by atoms with Gasteiger partial charge in [-0.1, -0.05) is 20.3 Å². The summed E-state index contributed by atoms with van der Waals surface area (Å²) in [5.74, 6) is -1.07. The van der Waals surface area contributed by atoms with E-state index in [0.717, 1.165) is 6.42 Å². The third kappa shape index (κ3) is 3.74. The van der Waals surface area contributed by atoms with E-state index in [0.29, 0.717) is 0 Å². The minimum atomic E-state index is -0.676. The van der Waals surface area contributed by atoms with Crippen molar-refractivity contribution in [3.8, 4) is 0 Å². The third-order valence-corrected chi connectivity index (χ3v) is 2.13. The van der Waals surface area contributed by atoms with Crippen LogP contribution in [0.4, 0.5) is 0 Å². The van der Waals surface area contributed by atoms with Crippen molar-refractivity contribution in [1.82, 2.24) is 5.32 Å². The number of ether oxygens (including phenoxy) is 1. The highest BCUT2D eigenvalue weighted by atomic mass is 16.5. The van der Waals surface area contributed by atoms with Crippen LogP contribution in [0, 0.1) is 5.92 Å². The first-order chi connectivity index (χ1) is 6.56. The maximum Gasteiger partial charge on any atom is 0.328 e. The molecule has 0 aliphatic carbocycles. The van der Waals surface area contributed by atoms with Crippen molar-refractivity contribution >= 4 is 11.9 Å². The zero-order chi connectivity index (χ0) is 11.1. The molecule has 0 unspecified atom stereocenters. The fraction of sp³-hybridized carbons (Fsp3) is 0.778. The molecule has 0 bridgehead atoms. The molecule has 14 heavy (non-hydrogen) atoms. The number of methoxy groups -OCH3 is 1. The molecule has 0 heterocycles. The molecule has 0 rings (SSSR count). The normalized spacial score (nSPS) is 14.3. The summed E-state index contributed by atoms with van der Waals surface area (Å²) in [6.07, 6.45) is 0.742. The van der Waals surface area contributed by atoms with Crippen LogP contribution >= 0.6 is 0 Å². The van der Waals surface area contributed by atoms with E-state index in [2.05, 4.69) is 10.1 Å². The van der Waals surface area contributed by atoms with Crippen LogP contribution in [0.25, 0.3) is 0 Å². The maximum atomic E-state index is 11.2. The molecule has 0 aromatic rings. The smallest absolute Gasteiger partial charge is 0.328 e. The number of hydrogen-bond acceptors (Lipinski definition) is 4. The molecule has 0 aliphatic heterocycles. The van der Waals surface area contributed by atoms with Gasteiger partial charge >= 0.3 is 5.97 Å². The van der Waals surface area contributed by atoms with E-state index in [1.54, 1.807) is 0 Å². The van der Waals surface area contributed by atoms with Crippen molar-refractivity contribution in [2.45, 2.75) is 26.3 Å². The lowest BCUT2D eigenvalue weighted by Gasteiger charge is -2.21. The van der Waals surface area contributed by atoms with Gasteiger partial charge in [0.1, 0.15) is 12.6 Å². The molecule has 0 saturated heterocycles. The Morgan fingerprint density at radius 3 is 2.43 bits per heavy atom. The third-order valence-electron chi connectivity index (χ3n) is 2.13. The zero-order valence-electron chi connectivity index (χ0n) is 8.74. The lowest BCUT2D eigenvalue weighted by molar-refractivity contribution is -0.146. The van der Waals surface area contributed by atoms with Crippen LogP contribution in [0.5, 0.6) is 0 Å². The maximum absolute atomic E-state index is 11.2. The van der Waals surface area contributed by atoms with Crippen LogP contribution in [0.15, 0.2) is 0 Å². The Balaban J connectivity index is 4.39. The number of esters is 1. The number of aliphatic hydroxyl groups excluding tert-OH is 1. The van der Waals surface area contributed by atoms with Gasteiger partial charge in [0.15, 0.2) is 0 Å². The van der Waals surface area contributed by atoms with Crippen LogP contribution < -0.4 is 5.32 Å². The van der Waals surface area contributed by atoms with Gasteiger partial charge in [0.25, 0.3) is 0 Å². The van der Waals surface area contributed by atoms with Gasteiger partial charge < -0.3 is 15.2 Å². The Labute approximate surface area is 83.4 Å². The lowest BCUT2D eigenvalue weighted by Crippen LogP contribution is -2.46. The average Bonchev–Trinajstić information content (AvgIpc) is 2.23. The Hall–Kier alpha value is -1.10. The first kappa shape index (κ1) is 12.9. The van der Waals surface area contributed by atoms with Gasteiger partial charge in [-0.25, -0.2) is 4.79 Å². The Bertz CT molecular complexity index is 205. The Morgan fingerprint density at radius 1 is 1.50 bits per heavy atom. The summed E-state index contributed by atoms with van der Waals surface area (Å²) in [5.41, 5.74) is 0. The van der Waals surface area contributed by atoms with Crippen LogP contribution in [0.2, 0.25) is 0 Å². The van der Waals surface area contributed by atoms with Crippen molar-refractivity contribution in [3.63, 3.8) is 0 Å². The monoisotopic (exact) mass is 203 g/mol. The molecular weight excluding hydrogens is 186 g/mol. The summed E-state index contributed by atoms with van der Waals surface area (Å²) in [5, 5.41) is 10.9. The zero-order valence-corrected chi connectivity index (χ0v) is 8.74. The lowest BCUT2D eigenvalue weighted by atomic mass is 9.99. The minimum Gasteiger partial charge on any atom is -0.467 e. The number of hydrogen-bond donors (Lipinski definition) is 2. The number of rotatable bonds is 5. The van der Waals surface area contributed by atoms with Crippen molar-refractivity contribution in [2.24, 2.45) is 5.92 Å². The summed E-state index contributed by atoms with van der Waals surface area (Å²) in [6, 6.07) is -0.676. The predicted octanol–water partition coefficient (Wildman–Crippen LogP) is -0.317. The fourth-order valence-electron chi connectivity index (χ4n) is 1.02. The molecule has 82 valence electrons.